The van der Waals surface area contributed by atoms with Crippen LogP contribution in [0.15, 0.2) is 29.4 Å². The van der Waals surface area contributed by atoms with Gasteiger partial charge in [0.25, 0.3) is 0 Å². The lowest BCUT2D eigenvalue weighted by Gasteiger charge is -1.95. The van der Waals surface area contributed by atoms with Crippen LogP contribution < -0.4 is 0 Å². The van der Waals surface area contributed by atoms with E-state index in [9.17, 15) is 0 Å². The van der Waals surface area contributed by atoms with Gasteiger partial charge in [-0.2, -0.15) is 0 Å². The van der Waals surface area contributed by atoms with Crippen molar-refractivity contribution >= 4 is 40.2 Å². The lowest BCUT2D eigenvalue weighted by Crippen LogP contribution is -1.82. The van der Waals surface area contributed by atoms with Crippen LogP contribution in [-0.4, -0.2) is 14.4 Å². The van der Waals surface area contributed by atoms with Crippen LogP contribution in [-0.2, 0) is 0 Å². The van der Waals surface area contributed by atoms with E-state index in [0.29, 0.717) is 15.7 Å². The zero-order valence-electron chi connectivity index (χ0n) is 7.89. The minimum Gasteiger partial charge on any atom is -0.304 e. The lowest BCUT2D eigenvalue weighted by atomic mass is 10.4. The molecule has 6 heteroatoms. The summed E-state index contributed by atoms with van der Waals surface area (Å²) in [4.78, 5) is 8.61. The summed E-state index contributed by atoms with van der Waals surface area (Å²) >= 11 is 13.5. The number of nitrogens with zero attached hydrogens (tertiary/aromatic N) is 3. The number of rotatable bonds is 1. The quantitative estimate of drug-likeness (QED) is 0.673. The Balaban J connectivity index is 2.27. The number of halogens is 2. The van der Waals surface area contributed by atoms with E-state index in [0.717, 1.165) is 11.4 Å². The van der Waals surface area contributed by atoms with E-state index in [4.69, 9.17) is 23.2 Å². The van der Waals surface area contributed by atoms with Crippen molar-refractivity contribution in [3.8, 4) is 11.4 Å². The molecule has 3 aromatic heterocycles. The Morgan fingerprint density at radius 3 is 2.81 bits per heavy atom. The van der Waals surface area contributed by atoms with Crippen LogP contribution in [0.3, 0.4) is 0 Å². The van der Waals surface area contributed by atoms with Crippen molar-refractivity contribution in [2.45, 2.75) is 0 Å². The van der Waals surface area contributed by atoms with Crippen molar-refractivity contribution in [3.05, 3.63) is 39.4 Å². The highest BCUT2D eigenvalue weighted by Crippen LogP contribution is 2.25. The monoisotopic (exact) mass is 269 g/mol. The summed E-state index contributed by atoms with van der Waals surface area (Å²) in [6, 6.07) is 1.68. The van der Waals surface area contributed by atoms with Crippen LogP contribution in [0.4, 0.5) is 0 Å². The second-order valence-electron chi connectivity index (χ2n) is 3.24. The molecule has 0 saturated carbocycles. The minimum atomic E-state index is 0.536. The number of aromatic nitrogens is 3. The molecule has 0 atom stereocenters. The fourth-order valence-corrected chi connectivity index (χ4v) is 2.56. The van der Waals surface area contributed by atoms with Gasteiger partial charge in [0.15, 0.2) is 5.65 Å². The highest BCUT2D eigenvalue weighted by molar-refractivity contribution is 7.07. The summed E-state index contributed by atoms with van der Waals surface area (Å²) in [5.41, 5.74) is 4.11. The van der Waals surface area contributed by atoms with Crippen molar-refractivity contribution < 1.29 is 0 Å². The molecule has 3 heterocycles. The Bertz CT molecular complexity index is 645. The van der Waals surface area contributed by atoms with Gasteiger partial charge in [0.2, 0.25) is 0 Å². The van der Waals surface area contributed by atoms with Crippen molar-refractivity contribution in [1.29, 1.82) is 0 Å². The third kappa shape index (κ3) is 1.59. The highest BCUT2D eigenvalue weighted by atomic mass is 35.5. The van der Waals surface area contributed by atoms with Crippen molar-refractivity contribution in [1.82, 2.24) is 14.4 Å². The molecule has 3 rings (SSSR count). The molecule has 16 heavy (non-hydrogen) atoms. The Kier molecular flexibility index (Phi) is 2.35. The van der Waals surface area contributed by atoms with Crippen LogP contribution in [0, 0.1) is 0 Å². The van der Waals surface area contributed by atoms with E-state index in [1.807, 2.05) is 11.6 Å². The van der Waals surface area contributed by atoms with Crippen LogP contribution in [0.25, 0.3) is 17.0 Å². The molecule has 3 aromatic rings. The van der Waals surface area contributed by atoms with Gasteiger partial charge in [-0.05, 0) is 6.07 Å². The van der Waals surface area contributed by atoms with Gasteiger partial charge in [0, 0.05) is 17.8 Å². The Morgan fingerprint density at radius 1 is 1.19 bits per heavy atom. The molecule has 0 fully saturated rings. The maximum Gasteiger partial charge on any atom is 0.156 e. The molecular formula is C10H5Cl2N3S. The summed E-state index contributed by atoms with van der Waals surface area (Å²) in [6.07, 6.45) is 3.63. The van der Waals surface area contributed by atoms with Crippen LogP contribution in [0.2, 0.25) is 10.0 Å². The molecule has 0 spiro atoms. The molecule has 0 aliphatic heterocycles. The highest BCUT2D eigenvalue weighted by Gasteiger charge is 2.09. The molecule has 0 amide bonds. The molecule has 0 aromatic carbocycles. The summed E-state index contributed by atoms with van der Waals surface area (Å²) in [7, 11) is 0. The number of pyridine rings is 1. The number of hydrogen-bond acceptors (Lipinski definition) is 3. The van der Waals surface area contributed by atoms with Crippen LogP contribution in [0.1, 0.15) is 0 Å². The van der Waals surface area contributed by atoms with Gasteiger partial charge >= 0.3 is 0 Å². The molecule has 0 saturated heterocycles. The van der Waals surface area contributed by atoms with Crippen molar-refractivity contribution in [3.63, 3.8) is 0 Å². The van der Waals surface area contributed by atoms with Crippen LogP contribution >= 0.6 is 34.5 Å². The summed E-state index contributed by atoms with van der Waals surface area (Å²) in [5.74, 6) is 0. The standard InChI is InChI=1S/C10H5Cl2N3S/c11-6-1-7(12)10-14-8(3-15(10)2-6)9-4-16-5-13-9/h1-5H. The number of hydrogen-bond donors (Lipinski definition) is 0. The van der Waals surface area contributed by atoms with Gasteiger partial charge in [-0.3, -0.25) is 0 Å². The maximum absolute atomic E-state index is 6.05. The van der Waals surface area contributed by atoms with Gasteiger partial charge in [-0.1, -0.05) is 23.2 Å². The first-order chi connectivity index (χ1) is 7.74. The van der Waals surface area contributed by atoms with E-state index in [1.54, 1.807) is 22.2 Å². The first-order valence-corrected chi connectivity index (χ1v) is 6.16. The smallest absolute Gasteiger partial charge is 0.156 e. The molecular weight excluding hydrogens is 265 g/mol. The van der Waals surface area contributed by atoms with E-state index in [1.165, 1.54) is 11.3 Å². The predicted octanol–water partition coefficient (Wildman–Crippen LogP) is 3.76. The molecule has 0 aliphatic carbocycles. The number of imidazole rings is 1. The molecule has 3 nitrogen and oxygen atoms in total. The average Bonchev–Trinajstić information content (AvgIpc) is 2.82. The normalized spacial score (nSPS) is 11.1. The van der Waals surface area contributed by atoms with Crippen molar-refractivity contribution in [2.75, 3.05) is 0 Å². The van der Waals surface area contributed by atoms with Gasteiger partial charge in [0.1, 0.15) is 11.4 Å². The minimum absolute atomic E-state index is 0.536. The summed E-state index contributed by atoms with van der Waals surface area (Å²) in [5, 5.41) is 3.06. The zero-order valence-corrected chi connectivity index (χ0v) is 10.2. The Morgan fingerprint density at radius 2 is 2.06 bits per heavy atom. The maximum atomic E-state index is 6.05. The van der Waals surface area contributed by atoms with E-state index >= 15 is 0 Å². The molecule has 0 N–H and O–H groups in total. The lowest BCUT2D eigenvalue weighted by molar-refractivity contribution is 1.19. The van der Waals surface area contributed by atoms with Crippen molar-refractivity contribution in [2.24, 2.45) is 0 Å². The SMILES string of the molecule is Clc1cc(Cl)c2nc(-c3cscn3)cn2c1. The third-order valence-corrected chi connectivity index (χ3v) is 3.24. The summed E-state index contributed by atoms with van der Waals surface area (Å²) < 4.78 is 1.80. The molecule has 0 bridgehead atoms. The fraction of sp³-hybridized carbons (Fsp3) is 0. The molecule has 80 valence electrons. The number of thiazole rings is 1. The average molecular weight is 270 g/mol. The van der Waals surface area contributed by atoms with E-state index in [2.05, 4.69) is 9.97 Å². The van der Waals surface area contributed by atoms with Gasteiger partial charge in [0.05, 0.1) is 15.6 Å². The van der Waals surface area contributed by atoms with Crippen LogP contribution in [0.5, 0.6) is 0 Å². The largest absolute Gasteiger partial charge is 0.304 e. The predicted molar refractivity (Wildman–Crippen MR) is 66.3 cm³/mol. The fourth-order valence-electron chi connectivity index (χ4n) is 1.49. The van der Waals surface area contributed by atoms with Gasteiger partial charge in [-0.15, -0.1) is 11.3 Å². The third-order valence-electron chi connectivity index (χ3n) is 2.17. The zero-order chi connectivity index (χ0) is 11.1. The van der Waals surface area contributed by atoms with Gasteiger partial charge in [-0.25, -0.2) is 9.97 Å². The molecule has 0 aliphatic rings. The second kappa shape index (κ2) is 3.73. The van der Waals surface area contributed by atoms with E-state index < -0.39 is 0 Å². The summed E-state index contributed by atoms with van der Waals surface area (Å²) in [6.45, 7) is 0. The topological polar surface area (TPSA) is 30.2 Å². The van der Waals surface area contributed by atoms with Gasteiger partial charge < -0.3 is 4.40 Å². The second-order valence-corrected chi connectivity index (χ2v) is 4.80. The molecule has 0 radical (unpaired) electrons. The van der Waals surface area contributed by atoms with E-state index in [-0.39, 0.29) is 0 Å². The number of fused-ring (bicyclic) bond motifs is 1. The molecule has 0 unspecified atom stereocenters. The Hall–Kier alpha value is -1.10. The Labute approximate surface area is 105 Å². The first kappa shape index (κ1) is 10.1. The first-order valence-electron chi connectivity index (χ1n) is 4.46.